The van der Waals surface area contributed by atoms with Gasteiger partial charge in [-0.15, -0.1) is 0 Å². The van der Waals surface area contributed by atoms with Crippen LogP contribution in [0.2, 0.25) is 0 Å². The Labute approximate surface area is 122 Å². The van der Waals surface area contributed by atoms with Gasteiger partial charge < -0.3 is 4.74 Å². The Kier molecular flexibility index (Phi) is 5.14. The van der Waals surface area contributed by atoms with E-state index in [4.69, 9.17) is 0 Å². The minimum absolute atomic E-state index is 0.0207. The first-order chi connectivity index (χ1) is 10.0. The fourth-order valence-corrected chi connectivity index (χ4v) is 1.58. The summed E-state index contributed by atoms with van der Waals surface area (Å²) in [5.74, 6) is -2.31. The molecule has 0 saturated heterocycles. The molecule has 0 aromatic heterocycles. The molecule has 122 valence electrons. The van der Waals surface area contributed by atoms with Gasteiger partial charge in [0.2, 0.25) is 0 Å². The van der Waals surface area contributed by atoms with E-state index in [0.29, 0.717) is 0 Å². The molecule has 0 saturated carbocycles. The number of ether oxygens (including phenoxy) is 1. The number of halogens is 3. The van der Waals surface area contributed by atoms with Crippen molar-refractivity contribution in [2.45, 2.75) is 12.4 Å². The molecule has 0 aliphatic heterocycles. The Morgan fingerprint density at radius 3 is 2.05 bits per heavy atom. The summed E-state index contributed by atoms with van der Waals surface area (Å²) in [5, 5.41) is 0. The smallest absolute Gasteiger partial charge is 0.465 e. The molecule has 0 amide bonds. The molecule has 0 aliphatic rings. The van der Waals surface area contributed by atoms with Crippen LogP contribution < -0.4 is 0 Å². The molecule has 0 unspecified atom stereocenters. The summed E-state index contributed by atoms with van der Waals surface area (Å²) in [4.78, 5) is 26.6. The summed E-state index contributed by atoms with van der Waals surface area (Å²) in [7, 11) is -4.99. The fourth-order valence-electron chi connectivity index (χ4n) is 1.35. The van der Waals surface area contributed by atoms with E-state index >= 15 is 0 Å². The van der Waals surface area contributed by atoms with Crippen LogP contribution in [0.15, 0.2) is 18.2 Å². The molecule has 0 bridgehead atoms. The minimum atomic E-state index is -6.08. The van der Waals surface area contributed by atoms with Gasteiger partial charge in [0.1, 0.15) is 0 Å². The van der Waals surface area contributed by atoms with Crippen molar-refractivity contribution >= 4 is 22.1 Å². The zero-order valence-corrected chi connectivity index (χ0v) is 11.9. The average Bonchev–Trinajstić information content (AvgIpc) is 2.43. The Morgan fingerprint density at radius 2 is 1.59 bits per heavy atom. The first-order valence-electron chi connectivity index (χ1n) is 5.41. The zero-order chi connectivity index (χ0) is 17.1. The summed E-state index contributed by atoms with van der Waals surface area (Å²) < 4.78 is 64.9. The quantitative estimate of drug-likeness (QED) is 0.356. The maximum atomic E-state index is 12.0. The van der Waals surface area contributed by atoms with Gasteiger partial charge in [-0.05, 0) is 29.0 Å². The zero-order valence-electron chi connectivity index (χ0n) is 11.1. The minimum Gasteiger partial charge on any atom is -0.465 e. The molecule has 7 nitrogen and oxygen atoms in total. The van der Waals surface area contributed by atoms with E-state index < -0.39 is 27.6 Å². The number of benzene rings is 1. The summed E-state index contributed by atoms with van der Waals surface area (Å²) in [6, 6.07) is 3.63. The van der Waals surface area contributed by atoms with Crippen molar-refractivity contribution in [3.8, 4) is 0 Å². The maximum Gasteiger partial charge on any atom is 0.526 e. The first kappa shape index (κ1) is 17.9. The number of hydrogen-bond donors (Lipinski definition) is 0. The van der Waals surface area contributed by atoms with Gasteiger partial charge in [-0.3, -0.25) is 4.89 Å². The largest absolute Gasteiger partial charge is 0.526 e. The molecule has 0 atom stereocenters. The summed E-state index contributed by atoms with van der Waals surface area (Å²) in [6.45, 7) is 1.29. The number of esters is 1. The molecule has 0 heterocycles. The lowest BCUT2D eigenvalue weighted by atomic mass is 10.0. The van der Waals surface area contributed by atoms with E-state index in [-0.39, 0.29) is 16.7 Å². The van der Waals surface area contributed by atoms with E-state index in [1.54, 1.807) is 0 Å². The van der Waals surface area contributed by atoms with Crippen LogP contribution in [0, 0.1) is 6.92 Å². The lowest BCUT2D eigenvalue weighted by Crippen LogP contribution is -2.27. The Morgan fingerprint density at radius 1 is 1.09 bits per heavy atom. The van der Waals surface area contributed by atoms with Crippen molar-refractivity contribution < 1.29 is 45.1 Å². The number of carbonyl (C=O) groups is 2. The number of hydrogen-bond acceptors (Lipinski definition) is 7. The summed E-state index contributed by atoms with van der Waals surface area (Å²) >= 11 is 0. The third-order valence-corrected chi connectivity index (χ3v) is 3.26. The molecule has 1 rings (SSSR count). The van der Waals surface area contributed by atoms with E-state index in [0.717, 1.165) is 13.2 Å². The third-order valence-electron chi connectivity index (χ3n) is 2.44. The lowest BCUT2D eigenvalue weighted by Gasteiger charge is -2.09. The molecule has 1 aromatic rings. The van der Waals surface area contributed by atoms with E-state index in [1.165, 1.54) is 19.1 Å². The highest BCUT2D eigenvalue weighted by Gasteiger charge is 2.49. The normalized spacial score (nSPS) is 11.9. The predicted molar refractivity (Wildman–Crippen MR) is 64.0 cm³/mol. The van der Waals surface area contributed by atoms with E-state index in [1.807, 2.05) is 0 Å². The van der Waals surface area contributed by atoms with Gasteiger partial charge in [0.05, 0.1) is 18.2 Å². The third kappa shape index (κ3) is 3.74. The highest BCUT2D eigenvalue weighted by Crippen LogP contribution is 2.25. The SMILES string of the molecule is COC(=O)c1cccc(C(=O)OOS(=O)(=O)C(F)(F)F)c1C. The molecule has 22 heavy (non-hydrogen) atoms. The fraction of sp³-hybridized carbons (Fsp3) is 0.273. The van der Waals surface area contributed by atoms with Crippen molar-refractivity contribution in [2.75, 3.05) is 7.11 Å². The molecular formula is C11H9F3O7S. The van der Waals surface area contributed by atoms with Crippen LogP contribution in [-0.2, 0) is 24.1 Å². The van der Waals surface area contributed by atoms with Gasteiger partial charge in [0.15, 0.2) is 0 Å². The molecule has 0 spiro atoms. The topological polar surface area (TPSA) is 96.0 Å². The molecule has 0 aliphatic carbocycles. The summed E-state index contributed by atoms with van der Waals surface area (Å²) in [6.07, 6.45) is 0. The van der Waals surface area contributed by atoms with Crippen molar-refractivity contribution in [2.24, 2.45) is 0 Å². The lowest BCUT2D eigenvalue weighted by molar-refractivity contribution is -0.164. The highest BCUT2D eigenvalue weighted by molar-refractivity contribution is 7.87. The van der Waals surface area contributed by atoms with Gasteiger partial charge in [-0.25, -0.2) is 9.59 Å². The number of alkyl halides is 3. The number of methoxy groups -OCH3 is 1. The van der Waals surface area contributed by atoms with Crippen LogP contribution in [0.5, 0.6) is 0 Å². The summed E-state index contributed by atoms with van der Waals surface area (Å²) in [5.41, 5.74) is -6.13. The predicted octanol–water partition coefficient (Wildman–Crippen LogP) is 1.72. The van der Waals surface area contributed by atoms with Crippen LogP contribution in [0.4, 0.5) is 13.2 Å². The van der Waals surface area contributed by atoms with Gasteiger partial charge in [0.25, 0.3) is 0 Å². The Bertz CT molecular complexity index is 694. The number of rotatable bonds is 4. The van der Waals surface area contributed by atoms with Crippen molar-refractivity contribution in [1.29, 1.82) is 0 Å². The van der Waals surface area contributed by atoms with Crippen molar-refractivity contribution in [3.63, 3.8) is 0 Å². The van der Waals surface area contributed by atoms with Crippen LogP contribution in [-0.4, -0.2) is 33.0 Å². The Balaban J connectivity index is 2.99. The first-order valence-corrected chi connectivity index (χ1v) is 6.81. The molecule has 0 N–H and O–H groups in total. The van der Waals surface area contributed by atoms with Crippen molar-refractivity contribution in [3.05, 3.63) is 34.9 Å². The van der Waals surface area contributed by atoms with Gasteiger partial charge in [-0.2, -0.15) is 21.6 Å². The second-order valence-corrected chi connectivity index (χ2v) is 5.32. The van der Waals surface area contributed by atoms with E-state index in [2.05, 4.69) is 14.0 Å². The average molecular weight is 342 g/mol. The maximum absolute atomic E-state index is 12.0. The number of carbonyl (C=O) groups excluding carboxylic acids is 2. The second kappa shape index (κ2) is 6.32. The molecule has 11 heteroatoms. The van der Waals surface area contributed by atoms with Crippen molar-refractivity contribution in [1.82, 2.24) is 0 Å². The van der Waals surface area contributed by atoms with E-state index in [9.17, 15) is 31.2 Å². The van der Waals surface area contributed by atoms with Gasteiger partial charge in [0, 0.05) is 0 Å². The standard InChI is InChI=1S/C11H9F3O7S/c1-6-7(9(15)19-2)4-3-5-8(6)10(16)20-21-22(17,18)11(12,13)14/h3-5H,1-2H3. The van der Waals surface area contributed by atoms with Gasteiger partial charge >= 0.3 is 27.6 Å². The highest BCUT2D eigenvalue weighted by atomic mass is 32.2. The molecule has 0 radical (unpaired) electrons. The molecule has 1 aromatic carbocycles. The monoisotopic (exact) mass is 342 g/mol. The van der Waals surface area contributed by atoms with Gasteiger partial charge in [-0.1, -0.05) is 6.07 Å². The Hall–Kier alpha value is -2.14. The van der Waals surface area contributed by atoms with Crippen LogP contribution in [0.3, 0.4) is 0 Å². The molecular weight excluding hydrogens is 333 g/mol. The second-order valence-electron chi connectivity index (χ2n) is 3.81. The van der Waals surface area contributed by atoms with Crippen LogP contribution in [0.25, 0.3) is 0 Å². The van der Waals surface area contributed by atoms with Crippen LogP contribution in [0.1, 0.15) is 26.3 Å². The van der Waals surface area contributed by atoms with Crippen LogP contribution >= 0.6 is 0 Å². The molecule has 0 fully saturated rings.